The standard InChI is InChI=1S/C10H14N4OS/c1-8-7-16-10(11-8)6-14-5-9(12-13-14)3-2-4-15/h5,7,15H,2-4,6H2,1H3. The second kappa shape index (κ2) is 5.18. The highest BCUT2D eigenvalue weighted by Crippen LogP contribution is 2.10. The Labute approximate surface area is 97.8 Å². The lowest BCUT2D eigenvalue weighted by Gasteiger charge is -1.94. The molecule has 0 radical (unpaired) electrons. The van der Waals surface area contributed by atoms with Gasteiger partial charge < -0.3 is 5.11 Å². The summed E-state index contributed by atoms with van der Waals surface area (Å²) >= 11 is 1.63. The molecule has 0 aliphatic carbocycles. The van der Waals surface area contributed by atoms with Gasteiger partial charge in [-0.2, -0.15) is 0 Å². The molecule has 0 amide bonds. The van der Waals surface area contributed by atoms with Crippen LogP contribution in [0.4, 0.5) is 0 Å². The highest BCUT2D eigenvalue weighted by Gasteiger charge is 2.03. The Bertz CT molecular complexity index is 451. The largest absolute Gasteiger partial charge is 0.396 e. The molecule has 16 heavy (non-hydrogen) atoms. The van der Waals surface area contributed by atoms with Gasteiger partial charge in [0.25, 0.3) is 0 Å². The second-order valence-corrected chi connectivity index (χ2v) is 4.56. The van der Waals surface area contributed by atoms with Crippen LogP contribution in [0.25, 0.3) is 0 Å². The molecule has 0 unspecified atom stereocenters. The number of thiazole rings is 1. The first kappa shape index (κ1) is 11.2. The molecular formula is C10H14N4OS. The van der Waals surface area contributed by atoms with Crippen LogP contribution in [0.2, 0.25) is 0 Å². The molecule has 0 aromatic carbocycles. The molecule has 86 valence electrons. The van der Waals surface area contributed by atoms with Gasteiger partial charge in [-0.05, 0) is 19.8 Å². The fourth-order valence-corrected chi connectivity index (χ4v) is 2.17. The average molecular weight is 238 g/mol. The number of nitrogens with zero attached hydrogens (tertiary/aromatic N) is 4. The first-order valence-corrected chi connectivity index (χ1v) is 6.07. The molecule has 0 aliphatic heterocycles. The molecule has 6 heteroatoms. The van der Waals surface area contributed by atoms with Gasteiger partial charge in [0.2, 0.25) is 0 Å². The summed E-state index contributed by atoms with van der Waals surface area (Å²) in [7, 11) is 0. The molecule has 0 bridgehead atoms. The summed E-state index contributed by atoms with van der Waals surface area (Å²) in [6.45, 7) is 2.84. The predicted octanol–water partition coefficient (Wildman–Crippen LogP) is 1.02. The van der Waals surface area contributed by atoms with Crippen LogP contribution in [-0.2, 0) is 13.0 Å². The first-order valence-electron chi connectivity index (χ1n) is 5.19. The van der Waals surface area contributed by atoms with Crippen LogP contribution < -0.4 is 0 Å². The Hall–Kier alpha value is -1.27. The number of aromatic nitrogens is 4. The topological polar surface area (TPSA) is 63.8 Å². The van der Waals surface area contributed by atoms with Crippen molar-refractivity contribution < 1.29 is 5.11 Å². The third kappa shape index (κ3) is 2.86. The third-order valence-corrected chi connectivity index (χ3v) is 3.09. The van der Waals surface area contributed by atoms with E-state index in [2.05, 4.69) is 15.3 Å². The fourth-order valence-electron chi connectivity index (χ4n) is 1.40. The van der Waals surface area contributed by atoms with Gasteiger partial charge in [0.05, 0.1) is 12.2 Å². The van der Waals surface area contributed by atoms with Crippen molar-refractivity contribution in [2.75, 3.05) is 6.61 Å². The van der Waals surface area contributed by atoms with Crippen molar-refractivity contribution in [2.24, 2.45) is 0 Å². The van der Waals surface area contributed by atoms with E-state index in [1.54, 1.807) is 16.0 Å². The minimum absolute atomic E-state index is 0.193. The van der Waals surface area contributed by atoms with Crippen molar-refractivity contribution in [2.45, 2.75) is 26.3 Å². The summed E-state index contributed by atoms with van der Waals surface area (Å²) < 4.78 is 1.78. The van der Waals surface area contributed by atoms with Crippen LogP contribution in [0.1, 0.15) is 22.8 Å². The maximum Gasteiger partial charge on any atom is 0.114 e. The van der Waals surface area contributed by atoms with Crippen LogP contribution in [0.5, 0.6) is 0 Å². The second-order valence-electron chi connectivity index (χ2n) is 3.62. The van der Waals surface area contributed by atoms with Gasteiger partial charge in [0.1, 0.15) is 5.01 Å². The van der Waals surface area contributed by atoms with Gasteiger partial charge in [-0.3, -0.25) is 0 Å². The van der Waals surface area contributed by atoms with Crippen molar-refractivity contribution >= 4 is 11.3 Å². The number of aliphatic hydroxyl groups is 1. The molecular weight excluding hydrogens is 224 g/mol. The summed E-state index contributed by atoms with van der Waals surface area (Å²) in [6, 6.07) is 0. The highest BCUT2D eigenvalue weighted by atomic mass is 32.1. The zero-order valence-electron chi connectivity index (χ0n) is 9.13. The summed E-state index contributed by atoms with van der Waals surface area (Å²) in [6.07, 6.45) is 3.41. The van der Waals surface area contributed by atoms with Gasteiger partial charge >= 0.3 is 0 Å². The fraction of sp³-hybridized carbons (Fsp3) is 0.500. The molecule has 0 fully saturated rings. The monoisotopic (exact) mass is 238 g/mol. The van der Waals surface area contributed by atoms with Gasteiger partial charge in [0.15, 0.2) is 0 Å². The van der Waals surface area contributed by atoms with Crippen molar-refractivity contribution in [1.29, 1.82) is 0 Å². The molecule has 0 saturated heterocycles. The van der Waals surface area contributed by atoms with E-state index in [0.29, 0.717) is 6.54 Å². The van der Waals surface area contributed by atoms with Crippen LogP contribution in [-0.4, -0.2) is 31.7 Å². The molecule has 1 N–H and O–H groups in total. The predicted molar refractivity (Wildman–Crippen MR) is 61.4 cm³/mol. The zero-order valence-corrected chi connectivity index (χ0v) is 9.94. The molecule has 2 heterocycles. The van der Waals surface area contributed by atoms with Gasteiger partial charge in [-0.15, -0.1) is 16.4 Å². The van der Waals surface area contributed by atoms with E-state index in [1.165, 1.54) is 0 Å². The molecule has 0 saturated carbocycles. The minimum atomic E-state index is 0.193. The maximum atomic E-state index is 8.71. The lowest BCUT2D eigenvalue weighted by Crippen LogP contribution is -1.99. The molecule has 2 aromatic heterocycles. The lowest BCUT2D eigenvalue weighted by molar-refractivity contribution is 0.288. The van der Waals surface area contributed by atoms with E-state index in [-0.39, 0.29) is 6.61 Å². The Morgan fingerprint density at radius 2 is 2.38 bits per heavy atom. The van der Waals surface area contributed by atoms with Crippen LogP contribution >= 0.6 is 11.3 Å². The highest BCUT2D eigenvalue weighted by molar-refractivity contribution is 7.09. The quantitative estimate of drug-likeness (QED) is 0.844. The SMILES string of the molecule is Cc1csc(Cn2cc(CCCO)nn2)n1. The number of hydrogen-bond acceptors (Lipinski definition) is 5. The minimum Gasteiger partial charge on any atom is -0.396 e. The lowest BCUT2D eigenvalue weighted by atomic mass is 10.3. The van der Waals surface area contributed by atoms with Crippen LogP contribution in [0.15, 0.2) is 11.6 Å². The van der Waals surface area contributed by atoms with E-state index >= 15 is 0 Å². The van der Waals surface area contributed by atoms with E-state index in [9.17, 15) is 0 Å². The van der Waals surface area contributed by atoms with E-state index in [1.807, 2.05) is 18.5 Å². The molecule has 0 atom stereocenters. The summed E-state index contributed by atoms with van der Waals surface area (Å²) in [5.74, 6) is 0. The summed E-state index contributed by atoms with van der Waals surface area (Å²) in [5, 5.41) is 19.8. The Morgan fingerprint density at radius 1 is 1.50 bits per heavy atom. The number of rotatable bonds is 5. The Kier molecular flexibility index (Phi) is 3.63. The van der Waals surface area contributed by atoms with Gasteiger partial charge in [-0.25, -0.2) is 9.67 Å². The normalized spacial score (nSPS) is 10.9. The van der Waals surface area contributed by atoms with Crippen LogP contribution in [0.3, 0.4) is 0 Å². The first-order chi connectivity index (χ1) is 7.78. The van der Waals surface area contributed by atoms with Crippen LogP contribution in [0, 0.1) is 6.92 Å². The zero-order chi connectivity index (χ0) is 11.4. The van der Waals surface area contributed by atoms with E-state index in [0.717, 1.165) is 29.2 Å². The smallest absolute Gasteiger partial charge is 0.114 e. The molecule has 5 nitrogen and oxygen atoms in total. The Balaban J connectivity index is 1.97. The molecule has 0 spiro atoms. The number of aliphatic hydroxyl groups excluding tert-OH is 1. The van der Waals surface area contributed by atoms with E-state index < -0.39 is 0 Å². The number of hydrogen-bond donors (Lipinski definition) is 1. The van der Waals surface area contributed by atoms with Crippen molar-refractivity contribution in [3.05, 3.63) is 28.0 Å². The molecule has 2 rings (SSSR count). The van der Waals surface area contributed by atoms with Crippen molar-refractivity contribution in [3.8, 4) is 0 Å². The van der Waals surface area contributed by atoms with E-state index in [4.69, 9.17) is 5.11 Å². The average Bonchev–Trinajstić information content (AvgIpc) is 2.86. The summed E-state index contributed by atoms with van der Waals surface area (Å²) in [4.78, 5) is 4.37. The maximum absolute atomic E-state index is 8.71. The number of aryl methyl sites for hydroxylation is 2. The molecule has 2 aromatic rings. The molecule has 0 aliphatic rings. The van der Waals surface area contributed by atoms with Gasteiger partial charge in [0, 0.05) is 23.9 Å². The Morgan fingerprint density at radius 3 is 3.06 bits per heavy atom. The third-order valence-electron chi connectivity index (χ3n) is 2.14. The van der Waals surface area contributed by atoms with Crippen molar-refractivity contribution in [3.63, 3.8) is 0 Å². The van der Waals surface area contributed by atoms with Gasteiger partial charge in [-0.1, -0.05) is 5.21 Å². The summed E-state index contributed by atoms with van der Waals surface area (Å²) in [5.41, 5.74) is 1.96. The van der Waals surface area contributed by atoms with Crippen molar-refractivity contribution in [1.82, 2.24) is 20.0 Å².